The van der Waals surface area contributed by atoms with E-state index in [2.05, 4.69) is 9.47 Å². The molecule has 0 fully saturated rings. The molecule has 2 nitrogen and oxygen atoms in total. The molecule has 0 N–H and O–H groups in total. The number of benzene rings is 1. The number of ether oxygens (including phenoxy) is 2. The van der Waals surface area contributed by atoms with Crippen LogP contribution in [0, 0.1) is 0 Å². The third kappa shape index (κ3) is 4.26. The highest BCUT2D eigenvalue weighted by Crippen LogP contribution is 2.37. The molecule has 0 aliphatic carbocycles. The van der Waals surface area contributed by atoms with Gasteiger partial charge in [-0.25, -0.2) is 0 Å². The van der Waals surface area contributed by atoms with E-state index in [4.69, 9.17) is 11.6 Å². The molecule has 0 aliphatic rings. The van der Waals surface area contributed by atoms with Crippen LogP contribution in [-0.4, -0.2) is 13.0 Å². The molecule has 0 bridgehead atoms. The highest BCUT2D eigenvalue weighted by atomic mass is 35.5. The van der Waals surface area contributed by atoms with E-state index in [1.807, 2.05) is 0 Å². The first-order valence-corrected chi connectivity index (χ1v) is 4.75. The van der Waals surface area contributed by atoms with Crippen LogP contribution in [0.5, 0.6) is 11.5 Å². The van der Waals surface area contributed by atoms with Gasteiger partial charge in [0.2, 0.25) is 0 Å². The summed E-state index contributed by atoms with van der Waals surface area (Å²) in [7, 11) is 0. The molecule has 0 saturated carbocycles. The molecule has 0 aliphatic heterocycles. The smallest absolute Gasteiger partial charge is 0.431 e. The van der Waals surface area contributed by atoms with Crippen molar-refractivity contribution in [2.24, 2.45) is 0 Å². The molecule has 0 aromatic heterocycles. The number of rotatable bonds is 4. The molecular weight excluding hydrogens is 271 g/mol. The van der Waals surface area contributed by atoms with Crippen LogP contribution in [0.2, 0.25) is 0 Å². The maximum Gasteiger partial charge on any atom is 0.573 e. The Bertz CT molecular complexity index is 380. The number of hydrogen-bond acceptors (Lipinski definition) is 2. The van der Waals surface area contributed by atoms with E-state index in [-0.39, 0.29) is 11.4 Å². The Labute approximate surface area is 97.9 Å². The van der Waals surface area contributed by atoms with Gasteiger partial charge in [-0.1, -0.05) is 12.1 Å². The normalized spacial score (nSPS) is 11.7. The van der Waals surface area contributed by atoms with E-state index in [0.29, 0.717) is 0 Å². The van der Waals surface area contributed by atoms with Crippen LogP contribution in [0.15, 0.2) is 18.2 Å². The molecule has 1 aromatic rings. The second-order valence-electron chi connectivity index (χ2n) is 2.80. The topological polar surface area (TPSA) is 18.5 Å². The molecule has 0 saturated heterocycles. The van der Waals surface area contributed by atoms with Gasteiger partial charge in [0.05, 0.1) is 5.88 Å². The van der Waals surface area contributed by atoms with E-state index < -0.39 is 24.5 Å². The summed E-state index contributed by atoms with van der Waals surface area (Å²) in [6.45, 7) is -3.25. The molecule has 8 heteroatoms. The molecule has 0 radical (unpaired) electrons. The zero-order chi connectivity index (χ0) is 13.1. The zero-order valence-electron chi connectivity index (χ0n) is 8.10. The second-order valence-corrected chi connectivity index (χ2v) is 3.07. The van der Waals surface area contributed by atoms with Gasteiger partial charge >= 0.3 is 13.0 Å². The fraction of sp³-hybridized carbons (Fsp3) is 0.333. The zero-order valence-corrected chi connectivity index (χ0v) is 8.86. The summed E-state index contributed by atoms with van der Waals surface area (Å²) in [6, 6.07) is 3.38. The van der Waals surface area contributed by atoms with E-state index in [9.17, 15) is 22.0 Å². The van der Waals surface area contributed by atoms with Crippen molar-refractivity contribution >= 4 is 11.6 Å². The van der Waals surface area contributed by atoms with Gasteiger partial charge in [0, 0.05) is 5.56 Å². The highest BCUT2D eigenvalue weighted by Gasteiger charge is 2.34. The van der Waals surface area contributed by atoms with E-state index in [0.717, 1.165) is 6.07 Å². The molecule has 1 rings (SSSR count). The average molecular weight is 277 g/mol. The molecular formula is C9H6ClF5O2. The number of hydrogen-bond donors (Lipinski definition) is 0. The van der Waals surface area contributed by atoms with Crippen molar-refractivity contribution in [1.29, 1.82) is 0 Å². The first kappa shape index (κ1) is 13.8. The van der Waals surface area contributed by atoms with Crippen LogP contribution in [-0.2, 0) is 5.88 Å². The molecule has 0 heterocycles. The van der Waals surface area contributed by atoms with Crippen molar-refractivity contribution in [2.45, 2.75) is 18.9 Å². The maximum absolute atomic E-state index is 12.1. The standard InChI is InChI=1S/C9H6ClF5O2/c10-4-5-2-1-3-6(16-8(11)12)7(5)17-9(13,14)15/h1-3,8H,4H2. The predicted octanol–water partition coefficient (Wildman–Crippen LogP) is 3.93. The summed E-state index contributed by atoms with van der Waals surface area (Å²) < 4.78 is 67.7. The van der Waals surface area contributed by atoms with Gasteiger partial charge in [-0.2, -0.15) is 8.78 Å². The van der Waals surface area contributed by atoms with Gasteiger partial charge in [0.1, 0.15) is 0 Å². The fourth-order valence-corrected chi connectivity index (χ4v) is 1.30. The Hall–Kier alpha value is -1.24. The van der Waals surface area contributed by atoms with Crippen LogP contribution >= 0.6 is 11.6 Å². The number of halogens is 6. The van der Waals surface area contributed by atoms with Gasteiger partial charge < -0.3 is 9.47 Å². The average Bonchev–Trinajstić information content (AvgIpc) is 2.17. The fourth-order valence-electron chi connectivity index (χ4n) is 1.09. The van der Waals surface area contributed by atoms with Crippen molar-refractivity contribution in [2.75, 3.05) is 0 Å². The number of alkyl halides is 6. The van der Waals surface area contributed by atoms with Crippen LogP contribution in [0.25, 0.3) is 0 Å². The minimum Gasteiger partial charge on any atom is -0.431 e. The summed E-state index contributed by atoms with van der Waals surface area (Å²) >= 11 is 5.38. The van der Waals surface area contributed by atoms with Crippen LogP contribution < -0.4 is 9.47 Å². The SMILES string of the molecule is FC(F)Oc1cccc(CCl)c1OC(F)(F)F. The van der Waals surface area contributed by atoms with Gasteiger partial charge in [0.25, 0.3) is 0 Å². The van der Waals surface area contributed by atoms with Crippen LogP contribution in [0.3, 0.4) is 0 Å². The Kier molecular flexibility index (Phi) is 4.39. The van der Waals surface area contributed by atoms with Gasteiger partial charge in [-0.15, -0.1) is 24.8 Å². The van der Waals surface area contributed by atoms with Crippen LogP contribution in [0.4, 0.5) is 22.0 Å². The lowest BCUT2D eigenvalue weighted by molar-refractivity contribution is -0.275. The lowest BCUT2D eigenvalue weighted by Gasteiger charge is -2.16. The van der Waals surface area contributed by atoms with Gasteiger partial charge in [-0.3, -0.25) is 0 Å². The molecule has 0 atom stereocenters. The van der Waals surface area contributed by atoms with Crippen molar-refractivity contribution < 1.29 is 31.4 Å². The summed E-state index contributed by atoms with van der Waals surface area (Å²) in [5.74, 6) is -1.89. The first-order chi connectivity index (χ1) is 7.83. The van der Waals surface area contributed by atoms with E-state index >= 15 is 0 Å². The van der Waals surface area contributed by atoms with Crippen LogP contribution in [0.1, 0.15) is 5.56 Å². The monoisotopic (exact) mass is 276 g/mol. The van der Waals surface area contributed by atoms with Crippen molar-refractivity contribution in [3.05, 3.63) is 23.8 Å². The predicted molar refractivity (Wildman–Crippen MR) is 49.3 cm³/mol. The number of para-hydroxylation sites is 1. The summed E-state index contributed by atoms with van der Waals surface area (Å²) in [5.41, 5.74) is -0.0952. The minimum absolute atomic E-state index is 0.0952. The quantitative estimate of drug-likeness (QED) is 0.613. The maximum atomic E-state index is 12.1. The molecule has 96 valence electrons. The Balaban J connectivity index is 3.11. The first-order valence-electron chi connectivity index (χ1n) is 4.22. The van der Waals surface area contributed by atoms with Gasteiger partial charge in [0.15, 0.2) is 11.5 Å². The summed E-state index contributed by atoms with van der Waals surface area (Å²) in [5, 5.41) is 0. The molecule has 0 unspecified atom stereocenters. The molecule has 0 spiro atoms. The highest BCUT2D eigenvalue weighted by molar-refractivity contribution is 6.17. The van der Waals surface area contributed by atoms with Crippen molar-refractivity contribution in [3.63, 3.8) is 0 Å². The molecule has 0 amide bonds. The van der Waals surface area contributed by atoms with E-state index in [1.54, 1.807) is 0 Å². The largest absolute Gasteiger partial charge is 0.573 e. The Morgan fingerprint density at radius 2 is 1.88 bits per heavy atom. The Morgan fingerprint density at radius 1 is 1.24 bits per heavy atom. The lowest BCUT2D eigenvalue weighted by Crippen LogP contribution is -2.19. The lowest BCUT2D eigenvalue weighted by atomic mass is 10.2. The minimum atomic E-state index is -5.01. The summed E-state index contributed by atoms with van der Waals surface area (Å²) in [4.78, 5) is 0. The van der Waals surface area contributed by atoms with Gasteiger partial charge in [-0.05, 0) is 6.07 Å². The molecule has 1 aromatic carbocycles. The van der Waals surface area contributed by atoms with Crippen molar-refractivity contribution in [1.82, 2.24) is 0 Å². The third-order valence-corrected chi connectivity index (χ3v) is 1.93. The second kappa shape index (κ2) is 5.39. The van der Waals surface area contributed by atoms with E-state index in [1.165, 1.54) is 12.1 Å². The third-order valence-electron chi connectivity index (χ3n) is 1.64. The summed E-state index contributed by atoms with van der Waals surface area (Å²) in [6.07, 6.45) is -5.01. The van der Waals surface area contributed by atoms with Crippen molar-refractivity contribution in [3.8, 4) is 11.5 Å². The molecule has 17 heavy (non-hydrogen) atoms. The Morgan fingerprint density at radius 3 is 2.35 bits per heavy atom.